The average Bonchev–Trinajstić information content (AvgIpc) is 3.50. The second-order valence-electron chi connectivity index (χ2n) is 8.16. The van der Waals surface area contributed by atoms with Crippen LogP contribution in [0.4, 0.5) is 5.82 Å². The Morgan fingerprint density at radius 2 is 1.87 bits per heavy atom. The van der Waals surface area contributed by atoms with Crippen LogP contribution in [0, 0.1) is 5.92 Å². The summed E-state index contributed by atoms with van der Waals surface area (Å²) in [5.41, 5.74) is 3.98. The molecule has 1 amide bonds. The van der Waals surface area contributed by atoms with Crippen LogP contribution in [0.2, 0.25) is 0 Å². The lowest BCUT2D eigenvalue weighted by Gasteiger charge is -2.26. The molecule has 1 aliphatic carbocycles. The number of carbonyl (C=O) groups excluding carboxylic acids is 1. The Kier molecular flexibility index (Phi) is 4.83. The first-order valence-corrected chi connectivity index (χ1v) is 12.1. The predicted octanol–water partition coefficient (Wildman–Crippen LogP) is 2.58. The molecule has 3 heterocycles. The Morgan fingerprint density at radius 1 is 1.10 bits per heavy atom. The molecule has 2 aliphatic rings. The zero-order chi connectivity index (χ0) is 20.7. The minimum absolute atomic E-state index is 0.0468. The largest absolute Gasteiger partial charge is 0.309 e. The third-order valence-corrected chi connectivity index (χ3v) is 7.37. The fraction of sp³-hybridized carbons (Fsp3) is 0.364. The third-order valence-electron chi connectivity index (χ3n) is 5.76. The van der Waals surface area contributed by atoms with Gasteiger partial charge in [-0.3, -0.25) is 14.1 Å². The number of aromatic nitrogens is 2. The van der Waals surface area contributed by atoms with E-state index in [1.165, 1.54) is 0 Å². The van der Waals surface area contributed by atoms with Crippen LogP contribution in [0.3, 0.4) is 0 Å². The van der Waals surface area contributed by atoms with E-state index in [4.69, 9.17) is 0 Å². The number of benzene rings is 1. The van der Waals surface area contributed by atoms with Crippen LogP contribution in [0.25, 0.3) is 16.9 Å². The molecular weight excluding hydrogens is 400 g/mol. The van der Waals surface area contributed by atoms with E-state index in [0.717, 1.165) is 41.9 Å². The first kappa shape index (κ1) is 19.3. The van der Waals surface area contributed by atoms with Crippen molar-refractivity contribution in [2.75, 3.05) is 29.9 Å². The number of pyridine rings is 1. The Bertz CT molecular complexity index is 1200. The van der Waals surface area contributed by atoms with E-state index in [-0.39, 0.29) is 23.3 Å². The van der Waals surface area contributed by atoms with Crippen molar-refractivity contribution in [3.8, 4) is 11.3 Å². The molecule has 1 saturated heterocycles. The number of amides is 1. The first-order valence-electron chi connectivity index (χ1n) is 10.3. The fourth-order valence-electron chi connectivity index (χ4n) is 3.88. The van der Waals surface area contributed by atoms with Gasteiger partial charge in [0.05, 0.1) is 23.4 Å². The lowest BCUT2D eigenvalue weighted by atomic mass is 10.1. The summed E-state index contributed by atoms with van der Waals surface area (Å²) in [6.45, 7) is 1.88. The highest BCUT2D eigenvalue weighted by Gasteiger charge is 2.30. The number of hydrogen-bond donors (Lipinski definition) is 1. The molecule has 8 heteroatoms. The van der Waals surface area contributed by atoms with Gasteiger partial charge in [0.15, 0.2) is 15.7 Å². The number of rotatable bonds is 5. The first-order chi connectivity index (χ1) is 14.5. The summed E-state index contributed by atoms with van der Waals surface area (Å²) < 4.78 is 25.3. The summed E-state index contributed by atoms with van der Waals surface area (Å²) in [7, 11) is -2.87. The van der Waals surface area contributed by atoms with E-state index in [1.54, 1.807) is 0 Å². The predicted molar refractivity (Wildman–Crippen MR) is 116 cm³/mol. The molecule has 1 N–H and O–H groups in total. The molecule has 2 fully saturated rings. The molecule has 0 bridgehead atoms. The molecular formula is C22H24N4O3S. The number of nitrogens with zero attached hydrogens (tertiary/aromatic N) is 3. The lowest BCUT2D eigenvalue weighted by molar-refractivity contribution is -0.117. The average molecular weight is 425 g/mol. The molecule has 0 spiro atoms. The molecule has 156 valence electrons. The number of anilines is 1. The van der Waals surface area contributed by atoms with Gasteiger partial charge in [0.2, 0.25) is 5.91 Å². The van der Waals surface area contributed by atoms with Crippen LogP contribution in [-0.2, 0) is 21.2 Å². The minimum atomic E-state index is -2.87. The maximum atomic E-state index is 12.1. The highest BCUT2D eigenvalue weighted by Crippen LogP contribution is 2.30. The molecule has 1 aliphatic heterocycles. The molecule has 1 saturated carbocycles. The van der Waals surface area contributed by atoms with Gasteiger partial charge in [-0.15, -0.1) is 0 Å². The van der Waals surface area contributed by atoms with Crippen molar-refractivity contribution in [1.29, 1.82) is 0 Å². The second kappa shape index (κ2) is 7.52. The summed E-state index contributed by atoms with van der Waals surface area (Å²) in [5.74, 6) is 1.22. The molecule has 7 nitrogen and oxygen atoms in total. The number of imidazole rings is 1. The van der Waals surface area contributed by atoms with Crippen LogP contribution in [0.5, 0.6) is 0 Å². The topological polar surface area (TPSA) is 83.8 Å². The van der Waals surface area contributed by atoms with Crippen molar-refractivity contribution in [2.45, 2.75) is 19.4 Å². The highest BCUT2D eigenvalue weighted by atomic mass is 32.2. The van der Waals surface area contributed by atoms with Gasteiger partial charge in [-0.1, -0.05) is 24.3 Å². The van der Waals surface area contributed by atoms with Crippen LogP contribution in [0.15, 0.2) is 48.7 Å². The van der Waals surface area contributed by atoms with Gasteiger partial charge in [-0.25, -0.2) is 13.4 Å². The normalized spacial score (nSPS) is 19.1. The molecule has 2 aromatic heterocycles. The van der Waals surface area contributed by atoms with Gasteiger partial charge >= 0.3 is 0 Å². The molecule has 0 unspecified atom stereocenters. The molecule has 0 radical (unpaired) electrons. The van der Waals surface area contributed by atoms with Gasteiger partial charge in [0.1, 0.15) is 5.65 Å². The molecule has 0 atom stereocenters. The van der Waals surface area contributed by atoms with Gasteiger partial charge in [0, 0.05) is 25.6 Å². The molecule has 3 aromatic rings. The lowest BCUT2D eigenvalue weighted by Crippen LogP contribution is -2.39. The van der Waals surface area contributed by atoms with E-state index in [9.17, 15) is 13.2 Å². The Hall–Kier alpha value is -2.71. The third kappa shape index (κ3) is 4.11. The quantitative estimate of drug-likeness (QED) is 0.681. The highest BCUT2D eigenvalue weighted by molar-refractivity contribution is 7.91. The van der Waals surface area contributed by atoms with Gasteiger partial charge in [-0.2, -0.15) is 0 Å². The van der Waals surface area contributed by atoms with Crippen LogP contribution in [-0.4, -0.2) is 53.2 Å². The maximum absolute atomic E-state index is 12.1. The van der Waals surface area contributed by atoms with Crippen molar-refractivity contribution in [3.05, 3.63) is 54.2 Å². The second-order valence-corrected chi connectivity index (χ2v) is 10.5. The Morgan fingerprint density at radius 3 is 2.63 bits per heavy atom. The van der Waals surface area contributed by atoms with Crippen molar-refractivity contribution >= 4 is 27.2 Å². The van der Waals surface area contributed by atoms with Crippen molar-refractivity contribution < 1.29 is 13.2 Å². The van der Waals surface area contributed by atoms with Gasteiger partial charge in [-0.05, 0) is 42.2 Å². The standard InChI is InChI=1S/C22H24N4O3S/c27-22(17-7-8-17)24-20-15-26-19(5-2-6-21(26)23-20)18-4-1-3-16(13-18)14-25-9-11-30(28,29)12-10-25/h1-6,13,15,17H,7-12,14H2,(H,24,27). The van der Waals surface area contributed by atoms with Crippen molar-refractivity contribution in [3.63, 3.8) is 0 Å². The summed E-state index contributed by atoms with van der Waals surface area (Å²) in [6, 6.07) is 14.2. The fourth-order valence-corrected chi connectivity index (χ4v) is 5.15. The Balaban J connectivity index is 1.39. The van der Waals surface area contributed by atoms with Crippen molar-refractivity contribution in [1.82, 2.24) is 14.3 Å². The number of sulfone groups is 1. The smallest absolute Gasteiger partial charge is 0.228 e. The summed E-state index contributed by atoms with van der Waals surface area (Å²) in [5, 5.41) is 2.92. The van der Waals surface area contributed by atoms with Crippen LogP contribution in [0.1, 0.15) is 18.4 Å². The van der Waals surface area contributed by atoms with Gasteiger partial charge in [0.25, 0.3) is 0 Å². The minimum Gasteiger partial charge on any atom is -0.309 e. The zero-order valence-corrected chi connectivity index (χ0v) is 17.4. The van der Waals surface area contributed by atoms with E-state index in [2.05, 4.69) is 33.4 Å². The SMILES string of the molecule is O=C(Nc1cn2c(-c3cccc(CN4CCS(=O)(=O)CC4)c3)cccc2n1)C1CC1. The summed E-state index contributed by atoms with van der Waals surface area (Å²) >= 11 is 0. The monoisotopic (exact) mass is 424 g/mol. The van der Waals surface area contributed by atoms with E-state index in [0.29, 0.717) is 18.9 Å². The van der Waals surface area contributed by atoms with Crippen LogP contribution < -0.4 is 5.32 Å². The molecule has 1 aromatic carbocycles. The molecule has 5 rings (SSSR count). The molecule has 30 heavy (non-hydrogen) atoms. The van der Waals surface area contributed by atoms with E-state index >= 15 is 0 Å². The number of nitrogens with one attached hydrogen (secondary N) is 1. The Labute approximate surface area is 175 Å². The number of fused-ring (bicyclic) bond motifs is 1. The van der Waals surface area contributed by atoms with Crippen LogP contribution >= 0.6 is 0 Å². The summed E-state index contributed by atoms with van der Waals surface area (Å²) in [4.78, 5) is 18.8. The summed E-state index contributed by atoms with van der Waals surface area (Å²) in [6.07, 6.45) is 3.79. The maximum Gasteiger partial charge on any atom is 0.228 e. The number of hydrogen-bond acceptors (Lipinski definition) is 5. The zero-order valence-electron chi connectivity index (χ0n) is 16.6. The number of carbonyl (C=O) groups is 1. The van der Waals surface area contributed by atoms with E-state index < -0.39 is 9.84 Å². The van der Waals surface area contributed by atoms with Gasteiger partial charge < -0.3 is 5.32 Å². The van der Waals surface area contributed by atoms with E-state index in [1.807, 2.05) is 34.9 Å². The van der Waals surface area contributed by atoms with Crippen molar-refractivity contribution in [2.24, 2.45) is 5.92 Å².